The minimum Gasteiger partial charge on any atom is -0.480 e. The van der Waals surface area contributed by atoms with Gasteiger partial charge in [0.2, 0.25) is 0 Å². The Morgan fingerprint density at radius 1 is 1.37 bits per heavy atom. The summed E-state index contributed by atoms with van der Waals surface area (Å²) in [5, 5.41) is 11.5. The second-order valence-electron chi connectivity index (χ2n) is 6.44. The van der Waals surface area contributed by atoms with Crippen molar-refractivity contribution in [2.24, 2.45) is 16.5 Å². The van der Waals surface area contributed by atoms with Crippen LogP contribution in [0.5, 0.6) is 0 Å². The summed E-state index contributed by atoms with van der Waals surface area (Å²) in [6, 6.07) is 4.95. The SMILES string of the molecule is CN(/C=C\C=C(/C=O)C(=O)NC(CCCN=C(N)N)C(=O)O)Cc1cccc(F)c1. The van der Waals surface area contributed by atoms with Gasteiger partial charge in [-0.15, -0.1) is 0 Å². The molecule has 0 saturated carbocycles. The smallest absolute Gasteiger partial charge is 0.326 e. The molecule has 9 nitrogen and oxygen atoms in total. The van der Waals surface area contributed by atoms with Gasteiger partial charge < -0.3 is 26.8 Å². The fraction of sp³-hybridized carbons (Fsp3) is 0.300. The third-order valence-electron chi connectivity index (χ3n) is 3.88. The molecule has 1 aromatic carbocycles. The Labute approximate surface area is 173 Å². The number of halogens is 1. The lowest BCUT2D eigenvalue weighted by Gasteiger charge is -2.14. The summed E-state index contributed by atoms with van der Waals surface area (Å²) in [7, 11) is 1.74. The summed E-state index contributed by atoms with van der Waals surface area (Å²) in [4.78, 5) is 40.2. The molecule has 0 bridgehead atoms. The van der Waals surface area contributed by atoms with Crippen LogP contribution in [-0.4, -0.2) is 53.8 Å². The van der Waals surface area contributed by atoms with E-state index in [0.717, 1.165) is 5.56 Å². The van der Waals surface area contributed by atoms with E-state index < -0.39 is 17.9 Å². The fourth-order valence-corrected chi connectivity index (χ4v) is 2.44. The number of allylic oxidation sites excluding steroid dienone is 2. The molecule has 6 N–H and O–H groups in total. The van der Waals surface area contributed by atoms with E-state index in [4.69, 9.17) is 11.5 Å². The van der Waals surface area contributed by atoms with Crippen LogP contribution in [0, 0.1) is 5.82 Å². The molecule has 0 fully saturated rings. The van der Waals surface area contributed by atoms with E-state index in [2.05, 4.69) is 10.3 Å². The maximum absolute atomic E-state index is 13.2. The Kier molecular flexibility index (Phi) is 10.3. The number of rotatable bonds is 12. The number of benzene rings is 1. The predicted octanol–water partition coefficient (Wildman–Crippen LogP) is 0.520. The molecule has 1 aromatic rings. The zero-order chi connectivity index (χ0) is 22.5. The van der Waals surface area contributed by atoms with Crippen LogP contribution >= 0.6 is 0 Å². The van der Waals surface area contributed by atoms with Gasteiger partial charge in [-0.1, -0.05) is 12.1 Å². The van der Waals surface area contributed by atoms with Crippen LogP contribution < -0.4 is 16.8 Å². The molecule has 10 heteroatoms. The molecule has 1 unspecified atom stereocenters. The molecule has 0 radical (unpaired) electrons. The Bertz CT molecular complexity index is 834. The average Bonchev–Trinajstić information content (AvgIpc) is 2.67. The molecule has 162 valence electrons. The summed E-state index contributed by atoms with van der Waals surface area (Å²) in [6.45, 7) is 0.639. The zero-order valence-electron chi connectivity index (χ0n) is 16.6. The molecule has 0 heterocycles. The average molecular weight is 419 g/mol. The molecule has 1 amide bonds. The van der Waals surface area contributed by atoms with E-state index in [1.807, 2.05) is 0 Å². The Hall–Kier alpha value is -3.69. The number of nitrogens with two attached hydrogens (primary N) is 2. The second kappa shape index (κ2) is 12.7. The van der Waals surface area contributed by atoms with Crippen LogP contribution in [0.25, 0.3) is 0 Å². The zero-order valence-corrected chi connectivity index (χ0v) is 16.6. The van der Waals surface area contributed by atoms with Gasteiger partial charge in [0, 0.05) is 20.1 Å². The summed E-state index contributed by atoms with van der Waals surface area (Å²) in [6.07, 6.45) is 5.10. The van der Waals surface area contributed by atoms with Gasteiger partial charge in [0.25, 0.3) is 5.91 Å². The molecule has 1 rings (SSSR count). The number of carboxylic acids is 1. The van der Waals surface area contributed by atoms with Crippen molar-refractivity contribution < 1.29 is 23.9 Å². The van der Waals surface area contributed by atoms with Gasteiger partial charge in [-0.3, -0.25) is 14.6 Å². The maximum atomic E-state index is 13.2. The van der Waals surface area contributed by atoms with Crippen LogP contribution in [0.4, 0.5) is 4.39 Å². The summed E-state index contributed by atoms with van der Waals surface area (Å²) < 4.78 is 13.2. The van der Waals surface area contributed by atoms with E-state index in [9.17, 15) is 23.9 Å². The van der Waals surface area contributed by atoms with Crippen molar-refractivity contribution in [2.45, 2.75) is 25.4 Å². The molecular formula is C20H26FN5O4. The number of nitrogens with zero attached hydrogens (tertiary/aromatic N) is 2. The molecule has 0 aromatic heterocycles. The number of guanidine groups is 1. The van der Waals surface area contributed by atoms with Gasteiger partial charge in [0.05, 0.1) is 5.57 Å². The van der Waals surface area contributed by atoms with Crippen molar-refractivity contribution in [3.8, 4) is 0 Å². The number of hydrogen-bond donors (Lipinski definition) is 4. The molecule has 30 heavy (non-hydrogen) atoms. The molecule has 1 atom stereocenters. The van der Waals surface area contributed by atoms with Crippen LogP contribution in [0.2, 0.25) is 0 Å². The van der Waals surface area contributed by atoms with Gasteiger partial charge in [0.1, 0.15) is 11.9 Å². The second-order valence-corrected chi connectivity index (χ2v) is 6.44. The topological polar surface area (TPSA) is 151 Å². The minimum atomic E-state index is -1.23. The molecule has 0 spiro atoms. The summed E-state index contributed by atoms with van der Waals surface area (Å²) >= 11 is 0. The summed E-state index contributed by atoms with van der Waals surface area (Å²) in [5.41, 5.74) is 10.9. The number of carbonyl (C=O) groups excluding carboxylic acids is 2. The van der Waals surface area contributed by atoms with Crippen LogP contribution in [0.1, 0.15) is 18.4 Å². The summed E-state index contributed by atoms with van der Waals surface area (Å²) in [5.74, 6) is -2.48. The van der Waals surface area contributed by atoms with Crippen molar-refractivity contribution >= 4 is 24.1 Å². The van der Waals surface area contributed by atoms with Gasteiger partial charge in [-0.2, -0.15) is 0 Å². The van der Waals surface area contributed by atoms with Crippen molar-refractivity contribution in [1.82, 2.24) is 10.2 Å². The molecule has 0 aliphatic heterocycles. The molecule has 0 saturated heterocycles. The third kappa shape index (κ3) is 9.49. The highest BCUT2D eigenvalue weighted by Crippen LogP contribution is 2.07. The van der Waals surface area contributed by atoms with E-state index >= 15 is 0 Å². The number of aliphatic carboxylic acids is 1. The lowest BCUT2D eigenvalue weighted by atomic mass is 10.1. The van der Waals surface area contributed by atoms with E-state index in [0.29, 0.717) is 19.3 Å². The monoisotopic (exact) mass is 419 g/mol. The van der Waals surface area contributed by atoms with Crippen molar-refractivity contribution in [3.63, 3.8) is 0 Å². The highest BCUT2D eigenvalue weighted by Gasteiger charge is 2.21. The van der Waals surface area contributed by atoms with Gasteiger partial charge in [-0.05, 0) is 48.9 Å². The number of amides is 1. The normalized spacial score (nSPS) is 12.3. The van der Waals surface area contributed by atoms with Gasteiger partial charge >= 0.3 is 5.97 Å². The number of carbonyl (C=O) groups is 3. The van der Waals surface area contributed by atoms with Crippen molar-refractivity contribution in [2.75, 3.05) is 13.6 Å². The molecule has 0 aliphatic carbocycles. The fourth-order valence-electron chi connectivity index (χ4n) is 2.44. The first-order valence-corrected chi connectivity index (χ1v) is 9.10. The number of aliphatic imine (C=N–C) groups is 1. The van der Waals surface area contributed by atoms with Crippen LogP contribution in [-0.2, 0) is 20.9 Å². The first kappa shape index (κ1) is 24.3. The third-order valence-corrected chi connectivity index (χ3v) is 3.88. The van der Waals surface area contributed by atoms with Crippen molar-refractivity contribution in [3.05, 3.63) is 59.6 Å². The van der Waals surface area contributed by atoms with Crippen LogP contribution in [0.15, 0.2) is 53.2 Å². The van der Waals surface area contributed by atoms with E-state index in [1.54, 1.807) is 30.3 Å². The van der Waals surface area contributed by atoms with E-state index in [-0.39, 0.29) is 30.3 Å². The van der Waals surface area contributed by atoms with Crippen LogP contribution in [0.3, 0.4) is 0 Å². The predicted molar refractivity (Wildman–Crippen MR) is 111 cm³/mol. The molecular weight excluding hydrogens is 393 g/mol. The lowest BCUT2D eigenvalue weighted by molar-refractivity contribution is -0.141. The van der Waals surface area contributed by atoms with Gasteiger partial charge in [0.15, 0.2) is 12.2 Å². The number of nitrogens with one attached hydrogen (secondary N) is 1. The van der Waals surface area contributed by atoms with E-state index in [1.165, 1.54) is 24.3 Å². The maximum Gasteiger partial charge on any atom is 0.326 e. The number of hydrogen-bond acceptors (Lipinski definition) is 5. The molecule has 0 aliphatic rings. The highest BCUT2D eigenvalue weighted by atomic mass is 19.1. The minimum absolute atomic E-state index is 0.0935. The largest absolute Gasteiger partial charge is 0.480 e. The quantitative estimate of drug-likeness (QED) is 0.0563. The first-order valence-electron chi connectivity index (χ1n) is 9.10. The van der Waals surface area contributed by atoms with Gasteiger partial charge in [-0.25, -0.2) is 9.18 Å². The first-order chi connectivity index (χ1) is 14.2. The van der Waals surface area contributed by atoms with Crippen molar-refractivity contribution in [1.29, 1.82) is 0 Å². The Morgan fingerprint density at radius 2 is 2.10 bits per heavy atom. The number of carboxylic acid groups (broad SMARTS) is 1. The Balaban J connectivity index is 2.66. The Morgan fingerprint density at radius 3 is 2.70 bits per heavy atom. The standard InChI is InChI=1S/C20H26FN5O4/c1-26(12-14-5-2-7-16(21)11-14)10-4-6-15(13-27)18(28)25-17(19(29)30)8-3-9-24-20(22)23/h2,4-7,10-11,13,17H,3,8-9,12H2,1H3,(H,25,28)(H,29,30)(H4,22,23,24)/b10-4-,15-6+. The highest BCUT2D eigenvalue weighted by molar-refractivity contribution is 6.11. The lowest BCUT2D eigenvalue weighted by Crippen LogP contribution is -2.41. The number of aldehydes is 1.